The van der Waals surface area contributed by atoms with E-state index in [-0.39, 0.29) is 11.4 Å². The third-order valence-corrected chi connectivity index (χ3v) is 4.94. The second-order valence-corrected chi connectivity index (χ2v) is 6.16. The van der Waals surface area contributed by atoms with Crippen molar-refractivity contribution in [3.05, 3.63) is 23.7 Å². The van der Waals surface area contributed by atoms with E-state index in [1.54, 1.807) is 0 Å². The monoisotopic (exact) mass is 291 g/mol. The van der Waals surface area contributed by atoms with E-state index < -0.39 is 0 Å². The Hall–Kier alpha value is -1.33. The molecule has 0 radical (unpaired) electrons. The van der Waals surface area contributed by atoms with E-state index in [1.165, 1.54) is 0 Å². The number of carbonyl (C=O) groups is 1. The molecule has 0 aliphatic carbocycles. The van der Waals surface area contributed by atoms with E-state index in [4.69, 9.17) is 4.42 Å². The third-order valence-electron chi connectivity index (χ3n) is 4.94. The average molecular weight is 291 g/mol. The van der Waals surface area contributed by atoms with Crippen LogP contribution >= 0.6 is 0 Å². The Morgan fingerprint density at radius 1 is 1.29 bits per heavy atom. The highest BCUT2D eigenvalue weighted by molar-refractivity contribution is 5.87. The minimum atomic E-state index is -0.275. The first-order valence-corrected chi connectivity index (χ1v) is 7.95. The van der Waals surface area contributed by atoms with Gasteiger partial charge in [0.1, 0.15) is 17.1 Å². The number of likely N-dealkylation sites (N-methyl/N-ethyl adjacent to an activating group) is 1. The summed E-state index contributed by atoms with van der Waals surface area (Å²) in [5, 5.41) is 3.06. The van der Waals surface area contributed by atoms with Gasteiger partial charge in [-0.15, -0.1) is 0 Å². The summed E-state index contributed by atoms with van der Waals surface area (Å²) in [6.07, 6.45) is 1.82. The summed E-state index contributed by atoms with van der Waals surface area (Å²) in [5.41, 5.74) is -0.275. The van der Waals surface area contributed by atoms with E-state index in [1.807, 2.05) is 19.1 Å². The van der Waals surface area contributed by atoms with Crippen LogP contribution in [0.15, 0.2) is 16.5 Å². The summed E-state index contributed by atoms with van der Waals surface area (Å²) in [6.45, 7) is 9.57. The van der Waals surface area contributed by atoms with Crippen molar-refractivity contribution < 1.29 is 9.21 Å². The molecule has 0 saturated carbocycles. The maximum atomic E-state index is 12.4. The van der Waals surface area contributed by atoms with Crippen molar-refractivity contribution in [3.63, 3.8) is 0 Å². The second-order valence-electron chi connectivity index (χ2n) is 6.16. The molecule has 0 unspecified atom stereocenters. The predicted molar refractivity (Wildman–Crippen MR) is 80.9 cm³/mol. The smallest absolute Gasteiger partial charge is 0.240 e. The first-order chi connectivity index (χ1) is 10.1. The fraction of sp³-hybridized carbons (Fsp3) is 0.688. The van der Waals surface area contributed by atoms with E-state index in [0.717, 1.165) is 63.6 Å². The molecule has 2 saturated heterocycles. The van der Waals surface area contributed by atoms with Crippen LogP contribution in [-0.2, 0) is 11.3 Å². The molecule has 116 valence electrons. The number of furan rings is 1. The zero-order chi connectivity index (χ0) is 14.9. The molecule has 2 aliphatic rings. The number of nitrogens with zero attached hydrogens (tertiary/aromatic N) is 2. The molecule has 2 aliphatic heterocycles. The summed E-state index contributed by atoms with van der Waals surface area (Å²) in [4.78, 5) is 17.2. The van der Waals surface area contributed by atoms with Gasteiger partial charge in [-0.25, -0.2) is 0 Å². The molecule has 0 bridgehead atoms. The van der Waals surface area contributed by atoms with Crippen LogP contribution in [0.2, 0.25) is 0 Å². The Labute approximate surface area is 126 Å². The number of hydrogen-bond donors (Lipinski definition) is 1. The van der Waals surface area contributed by atoms with Crippen LogP contribution in [0.4, 0.5) is 0 Å². The van der Waals surface area contributed by atoms with Gasteiger partial charge >= 0.3 is 0 Å². The van der Waals surface area contributed by atoms with Crippen molar-refractivity contribution in [2.24, 2.45) is 0 Å². The van der Waals surface area contributed by atoms with Gasteiger partial charge in [-0.1, -0.05) is 6.92 Å². The Morgan fingerprint density at radius 2 is 2.05 bits per heavy atom. The molecule has 0 aromatic carbocycles. The van der Waals surface area contributed by atoms with Crippen LogP contribution < -0.4 is 5.32 Å². The lowest BCUT2D eigenvalue weighted by Crippen LogP contribution is -2.67. The van der Waals surface area contributed by atoms with Crippen molar-refractivity contribution in [2.75, 3.05) is 32.7 Å². The number of aryl methyl sites for hydroxylation is 1. The van der Waals surface area contributed by atoms with Crippen molar-refractivity contribution in [3.8, 4) is 0 Å². The number of hydrogen-bond acceptors (Lipinski definition) is 4. The number of piperidine rings is 1. The Kier molecular flexibility index (Phi) is 4.04. The van der Waals surface area contributed by atoms with Gasteiger partial charge in [0, 0.05) is 26.2 Å². The predicted octanol–water partition coefficient (Wildman–Crippen LogP) is 1.37. The molecule has 3 rings (SSSR count). The molecule has 1 aromatic rings. The molecule has 1 amide bonds. The number of nitrogens with one attached hydrogen (secondary N) is 1. The summed E-state index contributed by atoms with van der Waals surface area (Å²) < 4.78 is 5.66. The van der Waals surface area contributed by atoms with Gasteiger partial charge in [0.15, 0.2) is 0 Å². The second kappa shape index (κ2) is 5.81. The van der Waals surface area contributed by atoms with Crippen molar-refractivity contribution in [2.45, 2.75) is 38.8 Å². The molecule has 3 heterocycles. The van der Waals surface area contributed by atoms with Gasteiger partial charge in [-0.2, -0.15) is 0 Å². The molecule has 0 atom stereocenters. The highest BCUT2D eigenvalue weighted by atomic mass is 16.3. The van der Waals surface area contributed by atoms with Gasteiger partial charge in [0.2, 0.25) is 5.91 Å². The van der Waals surface area contributed by atoms with Crippen molar-refractivity contribution in [1.82, 2.24) is 15.1 Å². The largest absolute Gasteiger partial charge is 0.465 e. The molecule has 5 heteroatoms. The Morgan fingerprint density at radius 3 is 2.67 bits per heavy atom. The number of carbonyl (C=O) groups excluding carboxylic acids is 1. The summed E-state index contributed by atoms with van der Waals surface area (Å²) >= 11 is 0. The maximum absolute atomic E-state index is 12.4. The summed E-state index contributed by atoms with van der Waals surface area (Å²) in [6, 6.07) is 4.06. The lowest BCUT2D eigenvalue weighted by atomic mass is 9.83. The van der Waals surface area contributed by atoms with E-state index >= 15 is 0 Å². The zero-order valence-corrected chi connectivity index (χ0v) is 13.0. The number of piperazine rings is 1. The molecule has 1 aromatic heterocycles. The average Bonchev–Trinajstić information content (AvgIpc) is 2.89. The number of amides is 1. The number of rotatable bonds is 3. The lowest BCUT2D eigenvalue weighted by Gasteiger charge is -2.49. The normalized spacial score (nSPS) is 23.4. The zero-order valence-electron chi connectivity index (χ0n) is 13.0. The highest BCUT2D eigenvalue weighted by Gasteiger charge is 2.47. The first-order valence-electron chi connectivity index (χ1n) is 7.95. The van der Waals surface area contributed by atoms with E-state index in [9.17, 15) is 4.79 Å². The Bertz CT molecular complexity index is 503. The number of likely N-dealkylation sites (tertiary alicyclic amines) is 1. The molecule has 1 spiro atoms. The Balaban J connectivity index is 1.64. The minimum Gasteiger partial charge on any atom is -0.465 e. The summed E-state index contributed by atoms with van der Waals surface area (Å²) in [5.74, 6) is 2.20. The van der Waals surface area contributed by atoms with Crippen LogP contribution in [0, 0.1) is 6.92 Å². The van der Waals surface area contributed by atoms with Crippen molar-refractivity contribution >= 4 is 5.91 Å². The third kappa shape index (κ3) is 2.72. The first kappa shape index (κ1) is 14.6. The maximum Gasteiger partial charge on any atom is 0.240 e. The molecule has 2 fully saturated rings. The van der Waals surface area contributed by atoms with Crippen LogP contribution in [0.1, 0.15) is 31.3 Å². The highest BCUT2D eigenvalue weighted by Crippen LogP contribution is 2.31. The molecular weight excluding hydrogens is 266 g/mol. The molecule has 1 N–H and O–H groups in total. The van der Waals surface area contributed by atoms with Crippen LogP contribution in [0.5, 0.6) is 0 Å². The van der Waals surface area contributed by atoms with E-state index in [0.29, 0.717) is 0 Å². The lowest BCUT2D eigenvalue weighted by molar-refractivity contribution is -0.141. The summed E-state index contributed by atoms with van der Waals surface area (Å²) in [7, 11) is 0. The van der Waals surface area contributed by atoms with Crippen LogP contribution in [0.3, 0.4) is 0 Å². The van der Waals surface area contributed by atoms with Gasteiger partial charge < -0.3 is 9.73 Å². The topological polar surface area (TPSA) is 48.7 Å². The van der Waals surface area contributed by atoms with Gasteiger partial charge in [0.05, 0.1) is 6.54 Å². The van der Waals surface area contributed by atoms with Crippen LogP contribution in [-0.4, -0.2) is 54.0 Å². The molecule has 5 nitrogen and oxygen atoms in total. The fourth-order valence-corrected chi connectivity index (χ4v) is 3.70. The van der Waals surface area contributed by atoms with Gasteiger partial charge in [0.25, 0.3) is 0 Å². The molecular formula is C16H25N3O2. The van der Waals surface area contributed by atoms with E-state index in [2.05, 4.69) is 22.0 Å². The minimum absolute atomic E-state index is 0.226. The van der Waals surface area contributed by atoms with Gasteiger partial charge in [-0.05, 0) is 38.4 Å². The quantitative estimate of drug-likeness (QED) is 0.914. The van der Waals surface area contributed by atoms with Crippen molar-refractivity contribution in [1.29, 1.82) is 0 Å². The SMILES string of the molecule is CCN1CCNC(=O)C12CCN(Cc1ccc(C)o1)CC2. The fourth-order valence-electron chi connectivity index (χ4n) is 3.70. The molecule has 21 heavy (non-hydrogen) atoms. The standard InChI is InChI=1S/C16H25N3O2/c1-3-19-11-8-17-15(20)16(19)6-9-18(10-7-16)12-14-5-4-13(2)21-14/h4-5H,3,6-12H2,1-2H3,(H,17,20). The van der Waals surface area contributed by atoms with Crippen LogP contribution in [0.25, 0.3) is 0 Å². The van der Waals surface area contributed by atoms with Gasteiger partial charge in [-0.3, -0.25) is 14.6 Å².